The topological polar surface area (TPSA) is 0 Å². The molecule has 1 aromatic rings. The van der Waals surface area contributed by atoms with Crippen molar-refractivity contribution < 1.29 is 0 Å². The van der Waals surface area contributed by atoms with Gasteiger partial charge < -0.3 is 0 Å². The summed E-state index contributed by atoms with van der Waals surface area (Å²) in [6.45, 7) is 4.69. The second-order valence-corrected chi connectivity index (χ2v) is 10.2. The van der Waals surface area contributed by atoms with Crippen LogP contribution in [0.3, 0.4) is 0 Å². The summed E-state index contributed by atoms with van der Waals surface area (Å²) >= 11 is 0. The lowest BCUT2D eigenvalue weighted by atomic mass is 9.67. The summed E-state index contributed by atoms with van der Waals surface area (Å²) in [4.78, 5) is 0. The van der Waals surface area contributed by atoms with E-state index in [9.17, 15) is 0 Å². The van der Waals surface area contributed by atoms with Crippen LogP contribution in [0.1, 0.15) is 134 Å². The zero-order valence-electron chi connectivity index (χ0n) is 19.5. The van der Waals surface area contributed by atoms with Crippen molar-refractivity contribution in [3.8, 4) is 0 Å². The van der Waals surface area contributed by atoms with E-state index in [1.165, 1.54) is 115 Å². The van der Waals surface area contributed by atoms with Crippen LogP contribution >= 0.6 is 0 Å². The normalized spacial score (nSPS) is 20.3. The monoisotopic (exact) mass is 394 g/mol. The Hall–Kier alpha value is -1.04. The zero-order chi connectivity index (χ0) is 20.4. The maximum absolute atomic E-state index is 2.58. The molecule has 0 aromatic heterocycles. The second kappa shape index (κ2) is 12.0. The van der Waals surface area contributed by atoms with Gasteiger partial charge in [-0.1, -0.05) is 81.9 Å². The van der Waals surface area contributed by atoms with Gasteiger partial charge in [0.2, 0.25) is 0 Å². The fourth-order valence-corrected chi connectivity index (χ4v) is 6.07. The first kappa shape index (κ1) is 22.6. The minimum atomic E-state index is 0.660. The molecule has 1 saturated carbocycles. The van der Waals surface area contributed by atoms with Gasteiger partial charge in [-0.3, -0.25) is 0 Å². The van der Waals surface area contributed by atoms with Crippen molar-refractivity contribution in [2.45, 2.75) is 129 Å². The van der Waals surface area contributed by atoms with Crippen LogP contribution in [-0.2, 0) is 6.42 Å². The van der Waals surface area contributed by atoms with Gasteiger partial charge in [0.15, 0.2) is 0 Å². The number of benzene rings is 1. The molecule has 1 aromatic carbocycles. The highest BCUT2D eigenvalue weighted by molar-refractivity contribution is 5.27. The molecule has 1 atom stereocenters. The van der Waals surface area contributed by atoms with Crippen molar-refractivity contribution in [2.24, 2.45) is 5.41 Å². The molecule has 0 heteroatoms. The van der Waals surface area contributed by atoms with Gasteiger partial charge >= 0.3 is 0 Å². The molecule has 0 spiro atoms. The zero-order valence-corrected chi connectivity index (χ0v) is 19.5. The van der Waals surface area contributed by atoms with Crippen molar-refractivity contribution in [2.75, 3.05) is 0 Å². The molecule has 1 unspecified atom stereocenters. The quantitative estimate of drug-likeness (QED) is 0.328. The first-order chi connectivity index (χ1) is 14.2. The third-order valence-electron chi connectivity index (χ3n) is 7.88. The predicted octanol–water partition coefficient (Wildman–Crippen LogP) is 9.53. The average molecular weight is 395 g/mol. The molecule has 0 amide bonds. The number of unbranched alkanes of at least 4 members (excludes halogenated alkanes) is 1. The molecule has 162 valence electrons. The maximum atomic E-state index is 2.58. The van der Waals surface area contributed by atoms with Gasteiger partial charge in [-0.15, -0.1) is 0 Å². The number of allylic oxidation sites excluding steroid dienone is 2. The fraction of sp³-hybridized carbons (Fsp3) is 0.724. The molecular formula is C29H46. The Labute approximate surface area is 181 Å². The summed E-state index contributed by atoms with van der Waals surface area (Å²) in [5, 5.41) is 0. The van der Waals surface area contributed by atoms with Crippen LogP contribution < -0.4 is 0 Å². The van der Waals surface area contributed by atoms with Crippen LogP contribution in [0.15, 0.2) is 35.9 Å². The smallest absolute Gasteiger partial charge is 0.0125 e. The van der Waals surface area contributed by atoms with Crippen LogP contribution in [0.25, 0.3) is 0 Å². The minimum Gasteiger partial charge on any atom is -0.0853 e. The molecule has 0 nitrogen and oxygen atoms in total. The molecule has 1 fully saturated rings. The van der Waals surface area contributed by atoms with E-state index in [4.69, 9.17) is 0 Å². The van der Waals surface area contributed by atoms with Crippen molar-refractivity contribution in [3.63, 3.8) is 0 Å². The highest BCUT2D eigenvalue weighted by Gasteiger charge is 2.31. The number of rotatable bonds is 11. The lowest BCUT2D eigenvalue weighted by Crippen LogP contribution is -2.25. The van der Waals surface area contributed by atoms with Gasteiger partial charge in [-0.25, -0.2) is 0 Å². The Morgan fingerprint density at radius 1 is 0.862 bits per heavy atom. The Morgan fingerprint density at radius 2 is 1.66 bits per heavy atom. The third kappa shape index (κ3) is 7.01. The minimum absolute atomic E-state index is 0.660. The van der Waals surface area contributed by atoms with Crippen LogP contribution in [0, 0.1) is 5.41 Å². The van der Waals surface area contributed by atoms with Crippen molar-refractivity contribution in [1.29, 1.82) is 0 Å². The molecule has 3 rings (SSSR count). The van der Waals surface area contributed by atoms with Gasteiger partial charge in [-0.05, 0) is 99.5 Å². The van der Waals surface area contributed by atoms with Crippen LogP contribution in [-0.4, -0.2) is 0 Å². The summed E-state index contributed by atoms with van der Waals surface area (Å²) in [6.07, 6.45) is 26.3. The molecule has 0 bridgehead atoms. The second-order valence-electron chi connectivity index (χ2n) is 10.2. The maximum Gasteiger partial charge on any atom is -0.0125 e. The summed E-state index contributed by atoms with van der Waals surface area (Å²) in [6, 6.07) is 9.81. The molecule has 2 aliphatic carbocycles. The van der Waals surface area contributed by atoms with Crippen molar-refractivity contribution >= 4 is 0 Å². The van der Waals surface area contributed by atoms with Crippen molar-refractivity contribution in [1.82, 2.24) is 0 Å². The van der Waals surface area contributed by atoms with Gasteiger partial charge in [-0.2, -0.15) is 0 Å². The van der Waals surface area contributed by atoms with Crippen molar-refractivity contribution in [3.05, 3.63) is 47.0 Å². The van der Waals surface area contributed by atoms with E-state index in [-0.39, 0.29) is 0 Å². The van der Waals surface area contributed by atoms with E-state index in [0.717, 1.165) is 5.92 Å². The summed E-state index contributed by atoms with van der Waals surface area (Å²) in [5.74, 6) is 0.732. The molecular weight excluding hydrogens is 348 g/mol. The Morgan fingerprint density at radius 3 is 2.31 bits per heavy atom. The molecule has 0 radical (unpaired) electrons. The van der Waals surface area contributed by atoms with Crippen LogP contribution in [0.4, 0.5) is 0 Å². The number of aryl methyl sites for hydroxylation is 1. The van der Waals surface area contributed by atoms with E-state index in [1.807, 2.05) is 0 Å². The molecule has 2 aliphatic rings. The standard InChI is InChI=1S/C29H46/c1-3-5-12-25-15-17-27(18-16-25)28(24-26-13-8-6-9-14-26)19-23-29(20-4-2)21-10-7-11-22-29/h13,15-18,28H,3-12,14,19-24H2,1-2H3. The number of hydrogen-bond acceptors (Lipinski definition) is 0. The fourth-order valence-electron chi connectivity index (χ4n) is 6.07. The summed E-state index contributed by atoms with van der Waals surface area (Å²) in [5.41, 5.74) is 5.55. The Bertz CT molecular complexity index is 594. The molecule has 0 heterocycles. The summed E-state index contributed by atoms with van der Waals surface area (Å²) < 4.78 is 0. The predicted molar refractivity (Wildman–Crippen MR) is 129 cm³/mol. The van der Waals surface area contributed by atoms with Gasteiger partial charge in [0.25, 0.3) is 0 Å². The van der Waals surface area contributed by atoms with Crippen LogP contribution in [0.5, 0.6) is 0 Å². The highest BCUT2D eigenvalue weighted by atomic mass is 14.4. The van der Waals surface area contributed by atoms with E-state index in [2.05, 4.69) is 44.2 Å². The Balaban J connectivity index is 1.70. The highest BCUT2D eigenvalue weighted by Crippen LogP contribution is 2.46. The SMILES string of the molecule is CCCCc1ccc(C(CCC2(CCC)CCCCC2)CC2=CCCCC2)cc1. The largest absolute Gasteiger partial charge is 0.0853 e. The number of hydrogen-bond donors (Lipinski definition) is 0. The van der Waals surface area contributed by atoms with Gasteiger partial charge in [0.05, 0.1) is 0 Å². The van der Waals surface area contributed by atoms with E-state index in [0.29, 0.717) is 5.41 Å². The lowest BCUT2D eigenvalue weighted by Gasteiger charge is -2.39. The Kier molecular flexibility index (Phi) is 9.35. The average Bonchev–Trinajstić information content (AvgIpc) is 2.77. The summed E-state index contributed by atoms with van der Waals surface area (Å²) in [7, 11) is 0. The molecule has 0 aliphatic heterocycles. The lowest BCUT2D eigenvalue weighted by molar-refractivity contribution is 0.148. The molecule has 0 saturated heterocycles. The van der Waals surface area contributed by atoms with E-state index in [1.54, 1.807) is 11.1 Å². The van der Waals surface area contributed by atoms with Gasteiger partial charge in [0, 0.05) is 0 Å². The molecule has 0 N–H and O–H groups in total. The van der Waals surface area contributed by atoms with E-state index >= 15 is 0 Å². The van der Waals surface area contributed by atoms with Crippen LogP contribution in [0.2, 0.25) is 0 Å². The third-order valence-corrected chi connectivity index (χ3v) is 7.88. The van der Waals surface area contributed by atoms with Gasteiger partial charge in [0.1, 0.15) is 0 Å². The molecule has 29 heavy (non-hydrogen) atoms. The van der Waals surface area contributed by atoms with E-state index < -0.39 is 0 Å². The first-order valence-corrected chi connectivity index (χ1v) is 13.0. The first-order valence-electron chi connectivity index (χ1n) is 13.0.